The summed E-state index contributed by atoms with van der Waals surface area (Å²) in [6, 6.07) is 33.5. The molecule has 41 heavy (non-hydrogen) atoms. The molecule has 5 aromatic rings. The van der Waals surface area contributed by atoms with E-state index in [1.54, 1.807) is 24.3 Å². The van der Waals surface area contributed by atoms with Crippen LogP contribution in [0.15, 0.2) is 109 Å². The highest BCUT2D eigenvalue weighted by Gasteiger charge is 2.28. The van der Waals surface area contributed by atoms with Gasteiger partial charge in [-0.05, 0) is 76.1 Å². The quantitative estimate of drug-likeness (QED) is 0.195. The van der Waals surface area contributed by atoms with E-state index < -0.39 is 5.97 Å². The first-order valence-electron chi connectivity index (χ1n) is 13.6. The maximum absolute atomic E-state index is 11.8. The first-order valence-corrected chi connectivity index (χ1v) is 14.0. The molecule has 0 saturated carbocycles. The molecular weight excluding hydrogens is 528 g/mol. The van der Waals surface area contributed by atoms with Gasteiger partial charge in [-0.15, -0.1) is 0 Å². The topological polar surface area (TPSA) is 76.2 Å². The summed E-state index contributed by atoms with van der Waals surface area (Å²) >= 11 is 6.26. The Morgan fingerprint density at radius 2 is 1.61 bits per heavy atom. The molecule has 0 fully saturated rings. The molecule has 4 aromatic carbocycles. The number of hydrogen-bond acceptors (Lipinski definition) is 3. The number of carbonyl (C=O) groups is 1. The van der Waals surface area contributed by atoms with Crippen molar-refractivity contribution in [3.8, 4) is 22.3 Å². The van der Waals surface area contributed by atoms with Crippen LogP contribution in [0.2, 0.25) is 5.02 Å². The van der Waals surface area contributed by atoms with Gasteiger partial charge in [0.2, 0.25) is 0 Å². The van der Waals surface area contributed by atoms with Crippen LogP contribution in [-0.4, -0.2) is 16.1 Å². The largest absolute Gasteiger partial charge is 0.478 e. The third-order valence-corrected chi connectivity index (χ3v) is 7.63. The number of benzene rings is 4. The summed E-state index contributed by atoms with van der Waals surface area (Å²) in [5, 5.41) is 10.3. The van der Waals surface area contributed by atoms with Gasteiger partial charge in [0.25, 0.3) is 0 Å². The fourth-order valence-corrected chi connectivity index (χ4v) is 5.70. The van der Waals surface area contributed by atoms with Gasteiger partial charge in [0.05, 0.1) is 5.56 Å². The smallest absolute Gasteiger partial charge is 0.335 e. The SMILES string of the molecule is CC(C)(C)c1c(-c2cccc(C(=O)O)c2)cccc1C(Cc1ccccc1)c1ccc(-c2cc(Cl)ccc2N)cn1. The lowest BCUT2D eigenvalue weighted by atomic mass is 9.74. The van der Waals surface area contributed by atoms with E-state index in [1.165, 1.54) is 16.7 Å². The highest BCUT2D eigenvalue weighted by molar-refractivity contribution is 6.31. The average molecular weight is 561 g/mol. The minimum atomic E-state index is -0.938. The van der Waals surface area contributed by atoms with Crippen LogP contribution in [0.3, 0.4) is 0 Å². The average Bonchev–Trinajstić information content (AvgIpc) is 2.97. The van der Waals surface area contributed by atoms with E-state index >= 15 is 0 Å². The third-order valence-electron chi connectivity index (χ3n) is 7.40. The van der Waals surface area contributed by atoms with Gasteiger partial charge in [-0.25, -0.2) is 4.79 Å². The van der Waals surface area contributed by atoms with Gasteiger partial charge < -0.3 is 10.8 Å². The molecule has 1 atom stereocenters. The van der Waals surface area contributed by atoms with Gasteiger partial charge in [0.15, 0.2) is 0 Å². The second kappa shape index (κ2) is 11.6. The van der Waals surface area contributed by atoms with Crippen LogP contribution in [0.1, 0.15) is 59.4 Å². The number of nitrogens with two attached hydrogens (primary N) is 1. The first-order chi connectivity index (χ1) is 19.6. The zero-order valence-electron chi connectivity index (χ0n) is 23.4. The van der Waals surface area contributed by atoms with Crippen molar-refractivity contribution in [1.29, 1.82) is 0 Å². The predicted molar refractivity (Wildman–Crippen MR) is 169 cm³/mol. The van der Waals surface area contributed by atoms with Crippen LogP contribution in [0.25, 0.3) is 22.3 Å². The van der Waals surface area contributed by atoms with Crippen LogP contribution in [0, 0.1) is 0 Å². The molecule has 1 unspecified atom stereocenters. The second-order valence-electron chi connectivity index (χ2n) is 11.4. The lowest BCUT2D eigenvalue weighted by Gasteiger charge is -2.30. The molecule has 1 aromatic heterocycles. The maximum atomic E-state index is 11.8. The number of nitrogen functional groups attached to an aromatic ring is 1. The first kappa shape index (κ1) is 28.1. The molecule has 206 valence electrons. The van der Waals surface area contributed by atoms with E-state index in [0.717, 1.165) is 34.4 Å². The number of anilines is 1. The molecule has 3 N–H and O–H groups in total. The molecule has 0 bridgehead atoms. The molecule has 0 spiro atoms. The molecule has 0 aliphatic heterocycles. The van der Waals surface area contributed by atoms with E-state index in [1.807, 2.05) is 30.5 Å². The number of hydrogen-bond donors (Lipinski definition) is 2. The lowest BCUT2D eigenvalue weighted by molar-refractivity contribution is 0.0697. The van der Waals surface area contributed by atoms with E-state index in [9.17, 15) is 9.90 Å². The summed E-state index contributed by atoms with van der Waals surface area (Å²) in [7, 11) is 0. The summed E-state index contributed by atoms with van der Waals surface area (Å²) in [6.07, 6.45) is 2.63. The van der Waals surface area contributed by atoms with Crippen molar-refractivity contribution in [2.75, 3.05) is 5.73 Å². The van der Waals surface area contributed by atoms with Crippen molar-refractivity contribution in [2.45, 2.75) is 38.5 Å². The van der Waals surface area contributed by atoms with Crippen molar-refractivity contribution in [2.24, 2.45) is 0 Å². The Bertz CT molecular complexity index is 1690. The third kappa shape index (κ3) is 6.18. The number of aromatic carboxylic acids is 1. The minimum Gasteiger partial charge on any atom is -0.478 e. The Kier molecular flexibility index (Phi) is 7.96. The van der Waals surface area contributed by atoms with Crippen LogP contribution in [-0.2, 0) is 11.8 Å². The van der Waals surface area contributed by atoms with Gasteiger partial charge in [0, 0.05) is 39.6 Å². The highest BCUT2D eigenvalue weighted by atomic mass is 35.5. The van der Waals surface area contributed by atoms with E-state index in [2.05, 4.69) is 75.4 Å². The fraction of sp³-hybridized carbons (Fsp3) is 0.167. The Hall–Kier alpha value is -4.41. The zero-order valence-corrected chi connectivity index (χ0v) is 24.2. The molecule has 1 heterocycles. The standard InChI is InChI=1S/C36H33ClN2O2/c1-36(2,3)34-28(24-11-7-12-25(20-24)35(40)41)13-8-14-29(34)31(19-23-9-5-4-6-10-23)33-18-15-26(22-39-33)30-21-27(37)16-17-32(30)38/h4-18,20-22,31H,19,38H2,1-3H3,(H,40,41). The van der Waals surface area contributed by atoms with Gasteiger partial charge >= 0.3 is 5.97 Å². The van der Waals surface area contributed by atoms with Gasteiger partial charge in [-0.3, -0.25) is 4.98 Å². The van der Waals surface area contributed by atoms with E-state index in [4.69, 9.17) is 22.3 Å². The Labute approximate surface area is 246 Å². The summed E-state index contributed by atoms with van der Waals surface area (Å²) in [6.45, 7) is 6.61. The van der Waals surface area contributed by atoms with Gasteiger partial charge in [0.1, 0.15) is 0 Å². The summed E-state index contributed by atoms with van der Waals surface area (Å²) in [5.41, 5.74) is 15.1. The monoisotopic (exact) mass is 560 g/mol. The van der Waals surface area contributed by atoms with Crippen molar-refractivity contribution < 1.29 is 9.90 Å². The summed E-state index contributed by atoms with van der Waals surface area (Å²) in [4.78, 5) is 16.8. The van der Waals surface area contributed by atoms with Crippen molar-refractivity contribution in [1.82, 2.24) is 4.98 Å². The second-order valence-corrected chi connectivity index (χ2v) is 11.8. The van der Waals surface area contributed by atoms with Crippen LogP contribution < -0.4 is 5.73 Å². The molecule has 0 radical (unpaired) electrons. The van der Waals surface area contributed by atoms with Crippen molar-refractivity contribution in [3.63, 3.8) is 0 Å². The molecule has 0 aliphatic rings. The van der Waals surface area contributed by atoms with Crippen LogP contribution >= 0.6 is 11.6 Å². The number of rotatable bonds is 7. The summed E-state index contributed by atoms with van der Waals surface area (Å²) < 4.78 is 0. The van der Waals surface area contributed by atoms with Crippen LogP contribution in [0.4, 0.5) is 5.69 Å². The summed E-state index contributed by atoms with van der Waals surface area (Å²) in [5.74, 6) is -0.980. The Morgan fingerprint density at radius 1 is 0.854 bits per heavy atom. The number of halogens is 1. The van der Waals surface area contributed by atoms with E-state index in [-0.39, 0.29) is 16.9 Å². The number of aromatic nitrogens is 1. The fourth-order valence-electron chi connectivity index (χ4n) is 5.53. The van der Waals surface area contributed by atoms with E-state index in [0.29, 0.717) is 10.7 Å². The normalized spacial score (nSPS) is 12.2. The number of nitrogens with zero attached hydrogens (tertiary/aromatic N) is 1. The molecular formula is C36H33ClN2O2. The molecule has 4 nitrogen and oxygen atoms in total. The van der Waals surface area contributed by atoms with Crippen LogP contribution in [0.5, 0.6) is 0 Å². The molecule has 5 rings (SSSR count). The number of carboxylic acid groups (broad SMARTS) is 1. The zero-order chi connectivity index (χ0) is 29.1. The lowest BCUT2D eigenvalue weighted by Crippen LogP contribution is -2.20. The number of carboxylic acids is 1. The Morgan fingerprint density at radius 3 is 2.29 bits per heavy atom. The maximum Gasteiger partial charge on any atom is 0.335 e. The van der Waals surface area contributed by atoms with Gasteiger partial charge in [-0.1, -0.05) is 99.1 Å². The Balaban J connectivity index is 1.68. The predicted octanol–water partition coefficient (Wildman–Crippen LogP) is 9.02. The molecule has 0 amide bonds. The molecule has 5 heteroatoms. The van der Waals surface area contributed by atoms with Gasteiger partial charge in [-0.2, -0.15) is 0 Å². The van der Waals surface area contributed by atoms with Crippen molar-refractivity contribution in [3.05, 3.63) is 142 Å². The molecule has 0 aliphatic carbocycles. The highest BCUT2D eigenvalue weighted by Crippen LogP contribution is 2.42. The number of pyridine rings is 1. The van der Waals surface area contributed by atoms with Crippen molar-refractivity contribution >= 4 is 23.3 Å². The molecule has 0 saturated heterocycles. The minimum absolute atomic E-state index is 0.0417.